The highest BCUT2D eigenvalue weighted by Crippen LogP contribution is 2.33. The van der Waals surface area contributed by atoms with Gasteiger partial charge in [0.1, 0.15) is 4.90 Å². The Balaban J connectivity index is 1.90. The normalized spacial score (nSPS) is 11.6. The third kappa shape index (κ3) is 5.11. The molecule has 0 aliphatic rings. The molecule has 0 atom stereocenters. The number of nitrogens with one attached hydrogen (secondary N) is 1. The van der Waals surface area contributed by atoms with Gasteiger partial charge in [-0.05, 0) is 37.0 Å². The summed E-state index contributed by atoms with van der Waals surface area (Å²) in [4.78, 5) is -0.307. The molecule has 2 N–H and O–H groups in total. The predicted molar refractivity (Wildman–Crippen MR) is 92.7 cm³/mol. The first-order chi connectivity index (χ1) is 10.9. The largest absolute Gasteiger partial charge is 0.505 e. The van der Waals surface area contributed by atoms with E-state index in [-0.39, 0.29) is 21.5 Å². The van der Waals surface area contributed by atoms with Gasteiger partial charge in [0.05, 0.1) is 5.02 Å². The van der Waals surface area contributed by atoms with E-state index in [1.54, 1.807) is 0 Å². The summed E-state index contributed by atoms with van der Waals surface area (Å²) in [5.41, 5.74) is 1.22. The van der Waals surface area contributed by atoms with Gasteiger partial charge >= 0.3 is 0 Å². The molecule has 0 bridgehead atoms. The molecule has 124 valence electrons. The zero-order valence-electron chi connectivity index (χ0n) is 12.3. The quantitative estimate of drug-likeness (QED) is 0.720. The number of hydrogen-bond acceptors (Lipinski definition) is 3. The van der Waals surface area contributed by atoms with Gasteiger partial charge in [-0.15, -0.1) is 0 Å². The molecule has 7 heteroatoms. The summed E-state index contributed by atoms with van der Waals surface area (Å²) in [7, 11) is -3.85. The summed E-state index contributed by atoms with van der Waals surface area (Å²) in [6.07, 6.45) is 2.43. The maximum atomic E-state index is 12.2. The molecule has 2 aromatic carbocycles. The molecule has 0 unspecified atom stereocenters. The van der Waals surface area contributed by atoms with Gasteiger partial charge in [0.2, 0.25) is 10.0 Å². The standard InChI is InChI=1S/C16H17Cl2NO3S/c17-13-10-14(18)16(20)15(11-13)23(21,22)19-9-5-4-8-12-6-2-1-3-7-12/h1-3,6-7,10-11,19-20H,4-5,8-9H2. The van der Waals surface area contributed by atoms with Gasteiger partial charge in [0.15, 0.2) is 5.75 Å². The molecular formula is C16H17Cl2NO3S. The molecule has 4 nitrogen and oxygen atoms in total. The Kier molecular flexibility index (Phi) is 6.30. The first-order valence-electron chi connectivity index (χ1n) is 7.12. The van der Waals surface area contributed by atoms with E-state index in [0.29, 0.717) is 6.42 Å². The van der Waals surface area contributed by atoms with Crippen molar-refractivity contribution >= 4 is 33.2 Å². The summed E-state index contributed by atoms with van der Waals surface area (Å²) >= 11 is 11.5. The summed E-state index contributed by atoms with van der Waals surface area (Å²) < 4.78 is 26.9. The van der Waals surface area contributed by atoms with E-state index < -0.39 is 15.8 Å². The molecule has 0 aliphatic heterocycles. The van der Waals surface area contributed by atoms with Gasteiger partial charge in [-0.1, -0.05) is 53.5 Å². The average molecular weight is 374 g/mol. The van der Waals surface area contributed by atoms with E-state index in [1.807, 2.05) is 30.3 Å². The minimum Gasteiger partial charge on any atom is -0.505 e. The Bertz CT molecular complexity index is 764. The van der Waals surface area contributed by atoms with Gasteiger partial charge in [-0.3, -0.25) is 0 Å². The van der Waals surface area contributed by atoms with Crippen LogP contribution in [0.4, 0.5) is 0 Å². The molecule has 0 heterocycles. The number of halogens is 2. The van der Waals surface area contributed by atoms with Crippen LogP contribution >= 0.6 is 23.2 Å². The van der Waals surface area contributed by atoms with Crippen LogP contribution in [0.3, 0.4) is 0 Å². The van der Waals surface area contributed by atoms with Crippen molar-refractivity contribution in [3.05, 3.63) is 58.1 Å². The number of aromatic hydroxyl groups is 1. The smallest absolute Gasteiger partial charge is 0.244 e. The van der Waals surface area contributed by atoms with Gasteiger partial charge in [0, 0.05) is 11.6 Å². The number of unbranched alkanes of at least 4 members (excludes halogenated alkanes) is 1. The molecule has 23 heavy (non-hydrogen) atoms. The number of hydrogen-bond donors (Lipinski definition) is 2. The molecule has 0 saturated heterocycles. The molecule has 0 aromatic heterocycles. The molecule has 0 spiro atoms. The van der Waals surface area contributed by atoms with Crippen LogP contribution in [0.5, 0.6) is 5.75 Å². The van der Waals surface area contributed by atoms with Crippen molar-refractivity contribution in [2.24, 2.45) is 0 Å². The van der Waals surface area contributed by atoms with Crippen molar-refractivity contribution < 1.29 is 13.5 Å². The average Bonchev–Trinajstić information content (AvgIpc) is 2.51. The Morgan fingerprint density at radius 2 is 1.74 bits per heavy atom. The van der Waals surface area contributed by atoms with Crippen molar-refractivity contribution in [2.45, 2.75) is 24.2 Å². The van der Waals surface area contributed by atoms with Gasteiger partial charge in [-0.2, -0.15) is 0 Å². The minimum absolute atomic E-state index is 0.0954. The lowest BCUT2D eigenvalue weighted by Gasteiger charge is -2.10. The van der Waals surface area contributed by atoms with Crippen molar-refractivity contribution in [2.75, 3.05) is 6.54 Å². The SMILES string of the molecule is O=S(=O)(NCCCCc1ccccc1)c1cc(Cl)cc(Cl)c1O. The van der Waals surface area contributed by atoms with Crippen LogP contribution in [-0.4, -0.2) is 20.1 Å². The van der Waals surface area contributed by atoms with Crippen LogP contribution < -0.4 is 4.72 Å². The third-order valence-electron chi connectivity index (χ3n) is 3.31. The molecule has 2 aromatic rings. The van der Waals surface area contributed by atoms with E-state index in [0.717, 1.165) is 12.8 Å². The second-order valence-corrected chi connectivity index (χ2v) is 7.65. The van der Waals surface area contributed by atoms with Crippen molar-refractivity contribution in [1.82, 2.24) is 4.72 Å². The highest BCUT2D eigenvalue weighted by Gasteiger charge is 2.21. The van der Waals surface area contributed by atoms with Crippen LogP contribution in [-0.2, 0) is 16.4 Å². The fraction of sp³-hybridized carbons (Fsp3) is 0.250. The van der Waals surface area contributed by atoms with Crippen LogP contribution in [0.25, 0.3) is 0 Å². The maximum Gasteiger partial charge on any atom is 0.244 e. The topological polar surface area (TPSA) is 66.4 Å². The second-order valence-electron chi connectivity index (χ2n) is 5.07. The molecule has 0 aliphatic carbocycles. The van der Waals surface area contributed by atoms with E-state index in [1.165, 1.54) is 17.7 Å². The fourth-order valence-electron chi connectivity index (χ4n) is 2.13. The lowest BCUT2D eigenvalue weighted by atomic mass is 10.1. The van der Waals surface area contributed by atoms with Crippen LogP contribution in [0, 0.1) is 0 Å². The highest BCUT2D eigenvalue weighted by molar-refractivity contribution is 7.89. The molecule has 0 fully saturated rings. The number of phenols is 1. The summed E-state index contributed by atoms with van der Waals surface area (Å²) in [6, 6.07) is 12.5. The number of rotatable bonds is 7. The van der Waals surface area contributed by atoms with E-state index in [4.69, 9.17) is 23.2 Å². The van der Waals surface area contributed by atoms with Crippen LogP contribution in [0.2, 0.25) is 10.0 Å². The zero-order valence-corrected chi connectivity index (χ0v) is 14.6. The van der Waals surface area contributed by atoms with Gasteiger partial charge in [-0.25, -0.2) is 13.1 Å². The predicted octanol–water partition coefficient (Wildman–Crippen LogP) is 4.00. The van der Waals surface area contributed by atoms with Gasteiger partial charge in [0.25, 0.3) is 0 Å². The van der Waals surface area contributed by atoms with Crippen molar-refractivity contribution in [3.63, 3.8) is 0 Å². The number of benzene rings is 2. The second kappa shape index (κ2) is 8.02. The minimum atomic E-state index is -3.85. The lowest BCUT2D eigenvalue weighted by Crippen LogP contribution is -2.25. The number of sulfonamides is 1. The molecule has 0 amide bonds. The van der Waals surface area contributed by atoms with Gasteiger partial charge < -0.3 is 5.11 Å². The summed E-state index contributed by atoms with van der Waals surface area (Å²) in [5, 5.41) is 9.85. The third-order valence-corrected chi connectivity index (χ3v) is 5.29. The maximum absolute atomic E-state index is 12.2. The Hall–Kier alpha value is -1.27. The summed E-state index contributed by atoms with van der Waals surface area (Å²) in [6.45, 7) is 0.277. The van der Waals surface area contributed by atoms with E-state index in [2.05, 4.69) is 4.72 Å². The fourth-order valence-corrected chi connectivity index (χ4v) is 3.96. The highest BCUT2D eigenvalue weighted by atomic mass is 35.5. The number of phenolic OH excluding ortho intramolecular Hbond substituents is 1. The van der Waals surface area contributed by atoms with Crippen molar-refractivity contribution in [3.8, 4) is 5.75 Å². The lowest BCUT2D eigenvalue weighted by molar-refractivity contribution is 0.458. The van der Waals surface area contributed by atoms with Crippen LogP contribution in [0.1, 0.15) is 18.4 Å². The van der Waals surface area contributed by atoms with Crippen LogP contribution in [0.15, 0.2) is 47.4 Å². The molecule has 0 radical (unpaired) electrons. The molecular weight excluding hydrogens is 357 g/mol. The summed E-state index contributed by atoms with van der Waals surface area (Å²) in [5.74, 6) is -0.493. The zero-order chi connectivity index (χ0) is 16.9. The van der Waals surface area contributed by atoms with Crippen molar-refractivity contribution in [1.29, 1.82) is 0 Å². The number of aryl methyl sites for hydroxylation is 1. The first-order valence-corrected chi connectivity index (χ1v) is 9.35. The molecule has 2 rings (SSSR count). The molecule has 0 saturated carbocycles. The monoisotopic (exact) mass is 373 g/mol. The van der Waals surface area contributed by atoms with E-state index >= 15 is 0 Å². The first kappa shape index (κ1) is 18.1. The Morgan fingerprint density at radius 3 is 2.43 bits per heavy atom. The Morgan fingerprint density at radius 1 is 1.04 bits per heavy atom. The van der Waals surface area contributed by atoms with E-state index in [9.17, 15) is 13.5 Å². The Labute approximate surface area is 146 Å².